The zero-order chi connectivity index (χ0) is 44.6. The summed E-state index contributed by atoms with van der Waals surface area (Å²) in [5, 5.41) is 6.62. The molecule has 0 unspecified atom stereocenters. The number of benzene rings is 3. The van der Waals surface area contributed by atoms with E-state index in [1.165, 1.54) is 11.0 Å². The number of hydrogen-bond donors (Lipinski definition) is 3. The maximum atomic E-state index is 13.6. The number of nitrogen functional groups attached to an aromatic ring is 1. The molecule has 4 N–H and O–H groups in total. The lowest BCUT2D eigenvalue weighted by Crippen LogP contribution is -2.49. The Hall–Kier alpha value is -5.35. The van der Waals surface area contributed by atoms with Gasteiger partial charge in [0, 0.05) is 68.4 Å². The first-order chi connectivity index (χ1) is 30.1. The highest BCUT2D eigenvalue weighted by atomic mass is 35.5. The number of amides is 4. The summed E-state index contributed by atoms with van der Waals surface area (Å²) in [5.41, 5.74) is 7.24. The van der Waals surface area contributed by atoms with Crippen molar-refractivity contribution in [3.63, 3.8) is 0 Å². The SMILES string of the molecule is COc1cc2nc(C)nc(N[C@H](C)c3cc(N)cc(C(F)(F)F)c3)c2cc1OC1CCN(CC2CCC3(CC2)CCN(C(=O)c2ccc(Cl)c(N4CCC(=O)NC4=O)c2)CC3)CC1. The van der Waals surface area contributed by atoms with Crippen molar-refractivity contribution in [3.05, 3.63) is 76.1 Å². The van der Waals surface area contributed by atoms with E-state index in [-0.39, 0.29) is 42.0 Å². The van der Waals surface area contributed by atoms with Crippen molar-refractivity contribution in [2.45, 2.75) is 90.0 Å². The van der Waals surface area contributed by atoms with E-state index < -0.39 is 23.8 Å². The first-order valence-electron chi connectivity index (χ1n) is 21.8. The average molecular weight is 891 g/mol. The summed E-state index contributed by atoms with van der Waals surface area (Å²) < 4.78 is 53.1. The number of fused-ring (bicyclic) bond motifs is 1. The van der Waals surface area contributed by atoms with Crippen molar-refractivity contribution in [2.75, 3.05) is 62.3 Å². The molecule has 8 rings (SSSR count). The number of aromatic nitrogens is 2. The van der Waals surface area contributed by atoms with Crippen LogP contribution in [0, 0.1) is 18.3 Å². The Bertz CT molecular complexity index is 2370. The largest absolute Gasteiger partial charge is 0.493 e. The summed E-state index contributed by atoms with van der Waals surface area (Å²) in [5.74, 6) is 2.28. The summed E-state index contributed by atoms with van der Waals surface area (Å²) in [7, 11) is 1.59. The maximum absolute atomic E-state index is 13.6. The fraction of sp³-hybridized carbons (Fsp3) is 0.500. The summed E-state index contributed by atoms with van der Waals surface area (Å²) in [6.07, 6.45) is 3.89. The molecule has 4 amide bonds. The van der Waals surface area contributed by atoms with Crippen LogP contribution in [0.25, 0.3) is 10.9 Å². The number of nitrogens with two attached hydrogens (primary N) is 1. The first-order valence-corrected chi connectivity index (χ1v) is 22.1. The fourth-order valence-electron chi connectivity index (χ4n) is 9.73. The molecule has 1 aliphatic carbocycles. The van der Waals surface area contributed by atoms with Crippen LogP contribution in [0.4, 0.5) is 35.2 Å². The molecular weight excluding hydrogens is 837 g/mol. The number of ether oxygens (including phenoxy) is 2. The molecule has 3 aliphatic heterocycles. The molecule has 4 aliphatic rings. The second kappa shape index (κ2) is 18.0. The van der Waals surface area contributed by atoms with Crippen molar-refractivity contribution >= 4 is 57.5 Å². The average Bonchev–Trinajstić information content (AvgIpc) is 3.25. The van der Waals surface area contributed by atoms with E-state index in [2.05, 4.69) is 25.5 Å². The summed E-state index contributed by atoms with van der Waals surface area (Å²) in [4.78, 5) is 52.9. The smallest absolute Gasteiger partial charge is 0.416 e. The summed E-state index contributed by atoms with van der Waals surface area (Å²) in [6.45, 7) is 7.99. The number of carbonyl (C=O) groups is 3. The molecule has 3 aromatic carbocycles. The van der Waals surface area contributed by atoms with Gasteiger partial charge in [0.05, 0.1) is 34.9 Å². The fourth-order valence-corrected chi connectivity index (χ4v) is 9.95. The monoisotopic (exact) mass is 890 g/mol. The lowest BCUT2D eigenvalue weighted by atomic mass is 9.65. The molecule has 4 heterocycles. The van der Waals surface area contributed by atoms with Crippen LogP contribution in [0.1, 0.15) is 98.1 Å². The van der Waals surface area contributed by atoms with Crippen LogP contribution in [-0.2, 0) is 11.0 Å². The van der Waals surface area contributed by atoms with Gasteiger partial charge in [-0.25, -0.2) is 14.8 Å². The van der Waals surface area contributed by atoms with E-state index in [9.17, 15) is 27.6 Å². The lowest BCUT2D eigenvalue weighted by Gasteiger charge is -2.47. The Labute approximate surface area is 369 Å². The highest BCUT2D eigenvalue weighted by Gasteiger charge is 2.40. The highest BCUT2D eigenvalue weighted by molar-refractivity contribution is 6.34. The quantitative estimate of drug-likeness (QED) is 0.132. The van der Waals surface area contributed by atoms with Gasteiger partial charge in [-0.2, -0.15) is 13.2 Å². The summed E-state index contributed by atoms with van der Waals surface area (Å²) >= 11 is 6.43. The minimum absolute atomic E-state index is 0.0279. The number of piperidine rings is 2. The number of methoxy groups -OCH3 is 1. The molecule has 0 bridgehead atoms. The number of halogens is 4. The third-order valence-corrected chi connectivity index (χ3v) is 13.7. The van der Waals surface area contributed by atoms with Gasteiger partial charge in [0.15, 0.2) is 11.5 Å². The van der Waals surface area contributed by atoms with Crippen molar-refractivity contribution < 1.29 is 37.0 Å². The maximum Gasteiger partial charge on any atom is 0.416 e. The van der Waals surface area contributed by atoms with Gasteiger partial charge in [0.1, 0.15) is 17.7 Å². The van der Waals surface area contributed by atoms with E-state index in [1.54, 1.807) is 39.2 Å². The number of anilines is 3. The number of imide groups is 1. The Morgan fingerprint density at radius 2 is 1.70 bits per heavy atom. The van der Waals surface area contributed by atoms with Gasteiger partial charge in [0.2, 0.25) is 5.91 Å². The van der Waals surface area contributed by atoms with Gasteiger partial charge in [-0.3, -0.25) is 19.8 Å². The normalized spacial score (nSPS) is 19.6. The second-order valence-corrected chi connectivity index (χ2v) is 18.1. The summed E-state index contributed by atoms with van der Waals surface area (Å²) in [6, 6.07) is 11.1. The molecule has 13 nitrogen and oxygen atoms in total. The molecule has 4 fully saturated rings. The molecule has 1 spiro atoms. The number of rotatable bonds is 10. The molecule has 336 valence electrons. The van der Waals surface area contributed by atoms with Gasteiger partial charge < -0.3 is 30.3 Å². The van der Waals surface area contributed by atoms with Crippen molar-refractivity contribution in [1.29, 1.82) is 0 Å². The van der Waals surface area contributed by atoms with Gasteiger partial charge >= 0.3 is 12.2 Å². The van der Waals surface area contributed by atoms with Gasteiger partial charge in [0.25, 0.3) is 5.91 Å². The van der Waals surface area contributed by atoms with Crippen LogP contribution in [0.15, 0.2) is 48.5 Å². The van der Waals surface area contributed by atoms with E-state index in [0.717, 1.165) is 83.1 Å². The van der Waals surface area contributed by atoms with Gasteiger partial charge in [-0.05, 0) is 125 Å². The van der Waals surface area contributed by atoms with Crippen LogP contribution in [-0.4, -0.2) is 90.1 Å². The second-order valence-electron chi connectivity index (χ2n) is 17.7. The van der Waals surface area contributed by atoms with Gasteiger partial charge in [-0.15, -0.1) is 0 Å². The number of urea groups is 1. The number of likely N-dealkylation sites (tertiary alicyclic amines) is 2. The van der Waals surface area contributed by atoms with Crippen LogP contribution >= 0.6 is 11.6 Å². The Balaban J connectivity index is 0.828. The Morgan fingerprint density at radius 3 is 2.38 bits per heavy atom. The minimum Gasteiger partial charge on any atom is -0.493 e. The van der Waals surface area contributed by atoms with Crippen LogP contribution in [0.2, 0.25) is 5.02 Å². The van der Waals surface area contributed by atoms with Crippen molar-refractivity contribution in [1.82, 2.24) is 25.1 Å². The lowest BCUT2D eigenvalue weighted by molar-refractivity contribution is -0.137. The molecule has 63 heavy (non-hydrogen) atoms. The molecule has 1 saturated carbocycles. The Kier molecular flexibility index (Phi) is 12.7. The van der Waals surface area contributed by atoms with Crippen LogP contribution in [0.5, 0.6) is 11.5 Å². The number of carbonyl (C=O) groups excluding carboxylic acids is 3. The number of aryl methyl sites for hydroxylation is 1. The minimum atomic E-state index is -4.53. The Morgan fingerprint density at radius 1 is 0.968 bits per heavy atom. The zero-order valence-corrected chi connectivity index (χ0v) is 36.6. The van der Waals surface area contributed by atoms with E-state index in [4.69, 9.17) is 26.8 Å². The van der Waals surface area contributed by atoms with Crippen molar-refractivity contribution in [3.8, 4) is 11.5 Å². The standard InChI is InChI=1S/C46H54ClF3N8O5/c1-27(31-20-32(46(48,49)50)23-33(51)21-31)52-42-35-24-40(39(62-3)25-37(35)53-28(2)54-42)63-34-8-15-56(16-9-34)26-29-6-11-45(12-7-29)13-18-57(19-14-45)43(60)30-4-5-36(47)38(22-30)58-17-10-41(59)55-44(58)61/h4-5,20-25,27,29,34H,6-19,26,51H2,1-3H3,(H,52,53,54)(H,55,59,61)/t27-/m1/s1. The molecule has 3 saturated heterocycles. The molecule has 17 heteroatoms. The topological polar surface area (TPSA) is 155 Å². The zero-order valence-electron chi connectivity index (χ0n) is 35.8. The first kappa shape index (κ1) is 44.3. The number of alkyl halides is 3. The predicted octanol–water partition coefficient (Wildman–Crippen LogP) is 8.78. The number of nitrogens with zero attached hydrogens (tertiary/aromatic N) is 5. The van der Waals surface area contributed by atoms with E-state index in [0.29, 0.717) is 74.9 Å². The predicted molar refractivity (Wildman–Crippen MR) is 235 cm³/mol. The molecule has 1 aromatic heterocycles. The molecular formula is C46H54ClF3N8O5. The molecule has 4 aromatic rings. The number of hydrogen-bond acceptors (Lipinski definition) is 10. The van der Waals surface area contributed by atoms with Crippen LogP contribution in [0.3, 0.4) is 0 Å². The third-order valence-electron chi connectivity index (χ3n) is 13.4. The van der Waals surface area contributed by atoms with Gasteiger partial charge in [-0.1, -0.05) is 11.6 Å². The molecule has 1 atom stereocenters. The van der Waals surface area contributed by atoms with E-state index >= 15 is 0 Å². The van der Waals surface area contributed by atoms with Crippen LogP contribution < -0.4 is 30.7 Å². The third kappa shape index (κ3) is 9.91. The molecule has 0 radical (unpaired) electrons. The number of nitrogens with one attached hydrogen (secondary N) is 2. The van der Waals surface area contributed by atoms with Crippen molar-refractivity contribution in [2.24, 2.45) is 11.3 Å². The highest BCUT2D eigenvalue weighted by Crippen LogP contribution is 2.47. The van der Waals surface area contributed by atoms with E-state index in [1.807, 2.05) is 17.0 Å².